The molecule has 2 aliphatic heterocycles. The molecule has 4 rings (SSSR count). The smallest absolute Gasteiger partial charge is 0.227 e. The molecular formula is C22H31N5O2S. The van der Waals surface area contributed by atoms with Crippen LogP contribution >= 0.6 is 11.5 Å². The molecule has 0 spiro atoms. The molecule has 162 valence electrons. The molecule has 2 fully saturated rings. The maximum Gasteiger partial charge on any atom is 0.227 e. The predicted molar refractivity (Wildman–Crippen MR) is 119 cm³/mol. The van der Waals surface area contributed by atoms with Gasteiger partial charge in [-0.05, 0) is 37.1 Å². The zero-order valence-corrected chi connectivity index (χ0v) is 18.7. The fraction of sp³-hybridized carbons (Fsp3) is 0.591. The number of methoxy groups -OCH3 is 1. The molecule has 0 N–H and O–H groups in total. The number of hydrogen-bond donors (Lipinski definition) is 0. The second kappa shape index (κ2) is 9.75. The fourth-order valence-corrected chi connectivity index (χ4v) is 5.03. The highest BCUT2D eigenvalue weighted by molar-refractivity contribution is 7.09. The first-order valence-electron chi connectivity index (χ1n) is 10.9. The molecule has 3 heterocycles. The number of carbonyl (C=O) groups is 1. The molecule has 2 saturated heterocycles. The summed E-state index contributed by atoms with van der Waals surface area (Å²) in [5, 5.41) is 0.932. The van der Waals surface area contributed by atoms with Gasteiger partial charge in [0.1, 0.15) is 11.6 Å². The summed E-state index contributed by atoms with van der Waals surface area (Å²) in [6.07, 6.45) is 2.68. The molecule has 2 aromatic rings. The first-order chi connectivity index (χ1) is 14.7. The lowest BCUT2D eigenvalue weighted by atomic mass is 9.96. The van der Waals surface area contributed by atoms with E-state index in [1.54, 1.807) is 7.11 Å². The molecule has 0 unspecified atom stereocenters. The van der Waals surface area contributed by atoms with E-state index in [0.29, 0.717) is 12.3 Å². The first-order valence-corrected chi connectivity index (χ1v) is 11.6. The van der Waals surface area contributed by atoms with Crippen molar-refractivity contribution in [1.29, 1.82) is 0 Å². The molecule has 30 heavy (non-hydrogen) atoms. The Morgan fingerprint density at radius 1 is 1.23 bits per heavy atom. The minimum atomic E-state index is 0.0673. The van der Waals surface area contributed by atoms with E-state index in [1.807, 2.05) is 18.2 Å². The monoisotopic (exact) mass is 429 g/mol. The number of amides is 1. The maximum atomic E-state index is 13.1. The first kappa shape index (κ1) is 21.1. The highest BCUT2D eigenvalue weighted by Crippen LogP contribution is 2.27. The highest BCUT2D eigenvalue weighted by atomic mass is 32.1. The molecule has 1 aromatic heterocycles. The number of benzene rings is 1. The number of anilines is 1. The minimum absolute atomic E-state index is 0.0673. The van der Waals surface area contributed by atoms with Crippen LogP contribution in [0.15, 0.2) is 24.3 Å². The van der Waals surface area contributed by atoms with Crippen LogP contribution in [0.4, 0.5) is 5.13 Å². The van der Waals surface area contributed by atoms with E-state index < -0.39 is 0 Å². The predicted octanol–water partition coefficient (Wildman–Crippen LogP) is 2.52. The second-order valence-electron chi connectivity index (χ2n) is 8.07. The van der Waals surface area contributed by atoms with Gasteiger partial charge in [-0.3, -0.25) is 4.79 Å². The lowest BCUT2D eigenvalue weighted by Gasteiger charge is -2.38. The Kier molecular flexibility index (Phi) is 6.84. The lowest BCUT2D eigenvalue weighted by Crippen LogP contribution is -2.52. The molecule has 1 atom stereocenters. The van der Waals surface area contributed by atoms with Crippen LogP contribution in [0.2, 0.25) is 0 Å². The Bertz CT molecular complexity index is 850. The van der Waals surface area contributed by atoms with Gasteiger partial charge in [-0.15, -0.1) is 0 Å². The van der Waals surface area contributed by atoms with Crippen LogP contribution in [0.5, 0.6) is 5.75 Å². The van der Waals surface area contributed by atoms with Crippen LogP contribution in [0.25, 0.3) is 0 Å². The summed E-state index contributed by atoms with van der Waals surface area (Å²) in [4.78, 5) is 24.6. The van der Waals surface area contributed by atoms with Crippen molar-refractivity contribution >= 4 is 22.6 Å². The van der Waals surface area contributed by atoms with Gasteiger partial charge >= 0.3 is 0 Å². The number of ether oxygens (including phenoxy) is 1. The van der Waals surface area contributed by atoms with Crippen LogP contribution < -0.4 is 9.64 Å². The van der Waals surface area contributed by atoms with E-state index >= 15 is 0 Å². The van der Waals surface area contributed by atoms with E-state index in [4.69, 9.17) is 9.72 Å². The van der Waals surface area contributed by atoms with Crippen molar-refractivity contribution in [1.82, 2.24) is 19.2 Å². The topological polar surface area (TPSA) is 61.8 Å². The van der Waals surface area contributed by atoms with E-state index in [1.165, 1.54) is 11.5 Å². The molecule has 2 aliphatic rings. The Labute approximate surface area is 182 Å². The normalized spacial score (nSPS) is 20.4. The third-order valence-corrected chi connectivity index (χ3v) is 6.94. The van der Waals surface area contributed by atoms with Crippen LogP contribution in [0.3, 0.4) is 0 Å². The molecular weight excluding hydrogens is 398 g/mol. The number of aromatic nitrogens is 2. The Balaban J connectivity index is 1.36. The summed E-state index contributed by atoms with van der Waals surface area (Å²) in [6, 6.07) is 8.02. The SMILES string of the molecule is CCN1CCN(C(=O)[C@@H]2CCCN(c3nc(Cc4cccc(OC)c4)ns3)C2)CC1. The van der Waals surface area contributed by atoms with Gasteiger partial charge in [0, 0.05) is 57.2 Å². The van der Waals surface area contributed by atoms with Gasteiger partial charge in [-0.25, -0.2) is 4.98 Å². The summed E-state index contributed by atoms with van der Waals surface area (Å²) in [6.45, 7) is 8.63. The summed E-state index contributed by atoms with van der Waals surface area (Å²) in [7, 11) is 1.68. The molecule has 0 aliphatic carbocycles. The van der Waals surface area contributed by atoms with Gasteiger partial charge in [0.05, 0.1) is 13.0 Å². The molecule has 8 heteroatoms. The summed E-state index contributed by atoms with van der Waals surface area (Å²) >= 11 is 1.44. The van der Waals surface area contributed by atoms with Gasteiger partial charge in [0.2, 0.25) is 11.0 Å². The van der Waals surface area contributed by atoms with Crippen molar-refractivity contribution in [2.24, 2.45) is 5.92 Å². The third-order valence-electron chi connectivity index (χ3n) is 6.13. The Morgan fingerprint density at radius 2 is 2.07 bits per heavy atom. The number of rotatable bonds is 6. The zero-order chi connectivity index (χ0) is 20.9. The fourth-order valence-electron chi connectivity index (χ4n) is 4.31. The minimum Gasteiger partial charge on any atom is -0.497 e. The summed E-state index contributed by atoms with van der Waals surface area (Å²) < 4.78 is 9.87. The number of piperazine rings is 1. The molecule has 0 radical (unpaired) electrons. The summed E-state index contributed by atoms with van der Waals surface area (Å²) in [5.41, 5.74) is 1.14. The number of hydrogen-bond acceptors (Lipinski definition) is 7. The van der Waals surface area contributed by atoms with Crippen molar-refractivity contribution in [3.05, 3.63) is 35.7 Å². The van der Waals surface area contributed by atoms with E-state index in [2.05, 4.69) is 32.1 Å². The van der Waals surface area contributed by atoms with Gasteiger partial charge in [-0.1, -0.05) is 19.1 Å². The van der Waals surface area contributed by atoms with Crippen LogP contribution in [0, 0.1) is 5.92 Å². The van der Waals surface area contributed by atoms with Gasteiger partial charge in [0.15, 0.2) is 0 Å². The van der Waals surface area contributed by atoms with Gasteiger partial charge in [-0.2, -0.15) is 4.37 Å². The molecule has 1 aromatic carbocycles. The summed E-state index contributed by atoms with van der Waals surface area (Å²) in [5.74, 6) is 2.06. The Hall–Kier alpha value is -2.19. The third kappa shape index (κ3) is 4.92. The average Bonchev–Trinajstić information content (AvgIpc) is 3.27. The second-order valence-corrected chi connectivity index (χ2v) is 8.80. The van der Waals surface area contributed by atoms with Gasteiger partial charge < -0.3 is 19.4 Å². The molecule has 0 saturated carbocycles. The van der Waals surface area contributed by atoms with Crippen LogP contribution in [-0.4, -0.2) is 78.0 Å². The highest BCUT2D eigenvalue weighted by Gasteiger charge is 2.31. The van der Waals surface area contributed by atoms with E-state index in [9.17, 15) is 4.79 Å². The van der Waals surface area contributed by atoms with Crippen molar-refractivity contribution in [2.45, 2.75) is 26.2 Å². The van der Waals surface area contributed by atoms with Crippen LogP contribution in [-0.2, 0) is 11.2 Å². The lowest BCUT2D eigenvalue weighted by molar-refractivity contribution is -0.137. The molecule has 1 amide bonds. The Morgan fingerprint density at radius 3 is 2.83 bits per heavy atom. The van der Waals surface area contributed by atoms with Crippen molar-refractivity contribution in [3.8, 4) is 5.75 Å². The van der Waals surface area contributed by atoms with Crippen molar-refractivity contribution < 1.29 is 9.53 Å². The van der Waals surface area contributed by atoms with Gasteiger partial charge in [0.25, 0.3) is 0 Å². The number of piperidine rings is 1. The number of carbonyl (C=O) groups excluding carboxylic acids is 1. The quantitative estimate of drug-likeness (QED) is 0.703. The van der Waals surface area contributed by atoms with Crippen LogP contribution in [0.1, 0.15) is 31.2 Å². The molecule has 7 nitrogen and oxygen atoms in total. The zero-order valence-electron chi connectivity index (χ0n) is 17.9. The molecule has 0 bridgehead atoms. The van der Waals surface area contributed by atoms with E-state index in [-0.39, 0.29) is 5.92 Å². The number of likely N-dealkylation sites (N-methyl/N-ethyl adjacent to an activating group) is 1. The van der Waals surface area contributed by atoms with Crippen molar-refractivity contribution in [2.75, 3.05) is 57.8 Å². The average molecular weight is 430 g/mol. The van der Waals surface area contributed by atoms with Crippen molar-refractivity contribution in [3.63, 3.8) is 0 Å². The number of nitrogens with zero attached hydrogens (tertiary/aromatic N) is 5. The largest absolute Gasteiger partial charge is 0.497 e. The standard InChI is InChI=1S/C22H31N5O2S/c1-3-25-10-12-26(13-11-25)21(28)18-7-5-9-27(16-18)22-23-20(24-30-22)15-17-6-4-8-19(14-17)29-2/h4,6,8,14,18H,3,5,7,9-13,15-16H2,1-2H3/t18-/m1/s1. The maximum absolute atomic E-state index is 13.1. The van der Waals surface area contributed by atoms with E-state index in [0.717, 1.165) is 80.9 Å².